The highest BCUT2D eigenvalue weighted by molar-refractivity contribution is 6.20. The summed E-state index contributed by atoms with van der Waals surface area (Å²) in [6.45, 7) is 6.80. The number of nitrogens with one attached hydrogen (secondary N) is 2. The maximum atomic E-state index is 15.8. The van der Waals surface area contributed by atoms with Gasteiger partial charge in [-0.05, 0) is 45.7 Å². The van der Waals surface area contributed by atoms with Crippen molar-refractivity contribution in [2.24, 2.45) is 5.41 Å². The number of fused-ring (bicyclic) bond motifs is 5. The Labute approximate surface area is 204 Å². The van der Waals surface area contributed by atoms with Gasteiger partial charge in [-0.2, -0.15) is 0 Å². The molecule has 12 nitrogen and oxygen atoms in total. The Kier molecular flexibility index (Phi) is 4.66. The molecule has 6 rings (SSSR count). The van der Waals surface area contributed by atoms with Crippen molar-refractivity contribution in [1.82, 2.24) is 15.8 Å². The number of hydrogen-bond donors (Lipinski definition) is 2. The lowest BCUT2D eigenvalue weighted by molar-refractivity contribution is -0.159. The van der Waals surface area contributed by atoms with Gasteiger partial charge in [0, 0.05) is 11.8 Å². The van der Waals surface area contributed by atoms with Crippen molar-refractivity contribution in [3.8, 4) is 0 Å². The Morgan fingerprint density at radius 2 is 1.72 bits per heavy atom. The number of amides is 5. The minimum Gasteiger partial charge on any atom is -0.444 e. The van der Waals surface area contributed by atoms with Crippen LogP contribution in [0.1, 0.15) is 33.3 Å². The van der Waals surface area contributed by atoms with E-state index in [1.807, 2.05) is 6.92 Å². The predicted octanol–water partition coefficient (Wildman–Crippen LogP) is 1.75. The molecule has 190 valence electrons. The largest absolute Gasteiger partial charge is 0.444 e. The van der Waals surface area contributed by atoms with E-state index in [1.165, 1.54) is 9.80 Å². The molecule has 0 radical (unpaired) electrons. The molecule has 1 spiro atoms. The predicted molar refractivity (Wildman–Crippen MR) is 121 cm³/mol. The third-order valence-corrected chi connectivity index (χ3v) is 7.79. The zero-order chi connectivity index (χ0) is 25.7. The highest BCUT2D eigenvalue weighted by Crippen LogP contribution is 2.50. The van der Waals surface area contributed by atoms with E-state index in [1.54, 1.807) is 32.9 Å². The fraction of sp³-hybridized carbons (Fsp3) is 0.522. The Hall–Kier alpha value is -3.74. The van der Waals surface area contributed by atoms with Crippen molar-refractivity contribution >= 4 is 46.4 Å². The van der Waals surface area contributed by atoms with Crippen molar-refractivity contribution in [2.75, 3.05) is 9.80 Å². The molecule has 1 aromatic carbocycles. The SMILES string of the molecule is C[C@@H]1O[C@H](C)C(F)N2c3cc4onc(N5C(=O)O[C@H](C)[C@@H]5C)c4cc3CC3(C(=O)NC(=O)NC3=O)[C@@H]12. The fourth-order valence-corrected chi connectivity index (χ4v) is 5.93. The zero-order valence-corrected chi connectivity index (χ0v) is 19.9. The van der Waals surface area contributed by atoms with E-state index in [0.29, 0.717) is 22.2 Å². The van der Waals surface area contributed by atoms with Crippen LogP contribution in [0.15, 0.2) is 16.7 Å². The average molecular weight is 501 g/mol. The summed E-state index contributed by atoms with van der Waals surface area (Å²) in [5, 5.41) is 8.87. The van der Waals surface area contributed by atoms with Crippen LogP contribution >= 0.6 is 0 Å². The molecule has 3 saturated heterocycles. The van der Waals surface area contributed by atoms with Gasteiger partial charge in [0.2, 0.25) is 11.8 Å². The van der Waals surface area contributed by atoms with E-state index in [9.17, 15) is 19.2 Å². The van der Waals surface area contributed by atoms with E-state index in [0.717, 1.165) is 0 Å². The quantitative estimate of drug-likeness (QED) is 0.441. The summed E-state index contributed by atoms with van der Waals surface area (Å²) < 4.78 is 32.4. The Balaban J connectivity index is 1.56. The van der Waals surface area contributed by atoms with Gasteiger partial charge >= 0.3 is 12.1 Å². The average Bonchev–Trinajstić information content (AvgIpc) is 3.32. The normalized spacial score (nSPS) is 33.4. The van der Waals surface area contributed by atoms with Gasteiger partial charge in [-0.25, -0.2) is 14.0 Å². The maximum Gasteiger partial charge on any atom is 0.416 e. The number of barbiturate groups is 1. The highest BCUT2D eigenvalue weighted by atomic mass is 19.1. The molecule has 2 N–H and O–H groups in total. The zero-order valence-electron chi connectivity index (χ0n) is 19.9. The summed E-state index contributed by atoms with van der Waals surface area (Å²) in [5.74, 6) is -1.44. The van der Waals surface area contributed by atoms with E-state index < -0.39 is 53.9 Å². The number of carbonyl (C=O) groups is 4. The first-order valence-corrected chi connectivity index (χ1v) is 11.7. The monoisotopic (exact) mass is 501 g/mol. The van der Waals surface area contributed by atoms with Crippen molar-refractivity contribution in [3.63, 3.8) is 0 Å². The maximum absolute atomic E-state index is 15.8. The number of cyclic esters (lactones) is 1. The van der Waals surface area contributed by atoms with Crippen LogP contribution in [0.5, 0.6) is 0 Å². The van der Waals surface area contributed by atoms with Crippen LogP contribution in [0.3, 0.4) is 0 Å². The Morgan fingerprint density at radius 1 is 1.03 bits per heavy atom. The number of anilines is 2. The number of halogens is 1. The van der Waals surface area contributed by atoms with Crippen LogP contribution in [0, 0.1) is 5.41 Å². The molecule has 3 fully saturated rings. The first kappa shape index (κ1) is 22.7. The first-order valence-electron chi connectivity index (χ1n) is 11.7. The van der Waals surface area contributed by atoms with Crippen molar-refractivity contribution < 1.29 is 37.6 Å². The van der Waals surface area contributed by atoms with Crippen LogP contribution < -0.4 is 20.4 Å². The molecule has 6 atom stereocenters. The van der Waals surface area contributed by atoms with Gasteiger partial charge in [0.15, 0.2) is 23.1 Å². The first-order chi connectivity index (χ1) is 17.0. The van der Waals surface area contributed by atoms with Gasteiger partial charge in [0.25, 0.3) is 0 Å². The summed E-state index contributed by atoms with van der Waals surface area (Å²) in [6.07, 6.45) is -4.38. The molecule has 4 aliphatic rings. The molecule has 0 aliphatic carbocycles. The number of carbonyl (C=O) groups excluding carboxylic acids is 4. The number of benzene rings is 1. The number of imide groups is 2. The number of hydrogen-bond acceptors (Lipinski definition) is 9. The van der Waals surface area contributed by atoms with E-state index in [2.05, 4.69) is 15.8 Å². The third kappa shape index (κ3) is 2.80. The fourth-order valence-electron chi connectivity index (χ4n) is 5.93. The van der Waals surface area contributed by atoms with Gasteiger partial charge in [0.05, 0.1) is 23.6 Å². The molecule has 2 aromatic rings. The van der Waals surface area contributed by atoms with Crippen molar-refractivity contribution in [2.45, 2.75) is 70.8 Å². The molecule has 1 unspecified atom stereocenters. The molecule has 0 saturated carbocycles. The summed E-state index contributed by atoms with van der Waals surface area (Å²) in [5.41, 5.74) is -0.674. The molecular weight excluding hydrogens is 477 g/mol. The van der Waals surface area contributed by atoms with Crippen LogP contribution in [0.4, 0.5) is 25.5 Å². The van der Waals surface area contributed by atoms with Gasteiger partial charge in [-0.1, -0.05) is 5.16 Å². The van der Waals surface area contributed by atoms with Crippen LogP contribution in [-0.2, 0) is 25.5 Å². The van der Waals surface area contributed by atoms with Crippen molar-refractivity contribution in [3.05, 3.63) is 17.7 Å². The number of alkyl halides is 1. The summed E-state index contributed by atoms with van der Waals surface area (Å²) >= 11 is 0. The van der Waals surface area contributed by atoms with Crippen LogP contribution in [-0.4, -0.2) is 65.8 Å². The summed E-state index contributed by atoms with van der Waals surface area (Å²) in [4.78, 5) is 53.7. The number of aromatic nitrogens is 1. The van der Waals surface area contributed by atoms with Gasteiger partial charge in [-0.3, -0.25) is 25.1 Å². The van der Waals surface area contributed by atoms with Crippen LogP contribution in [0.25, 0.3) is 11.0 Å². The number of morpholine rings is 1. The lowest BCUT2D eigenvalue weighted by Crippen LogP contribution is -2.76. The van der Waals surface area contributed by atoms with E-state index in [-0.39, 0.29) is 24.4 Å². The summed E-state index contributed by atoms with van der Waals surface area (Å²) in [6, 6.07) is 0.937. The second kappa shape index (κ2) is 7.38. The Morgan fingerprint density at radius 3 is 2.36 bits per heavy atom. The van der Waals surface area contributed by atoms with Gasteiger partial charge in [0.1, 0.15) is 12.2 Å². The molecule has 36 heavy (non-hydrogen) atoms. The molecular formula is C23H24FN5O7. The molecule has 1 aromatic heterocycles. The number of nitrogens with zero attached hydrogens (tertiary/aromatic N) is 3. The smallest absolute Gasteiger partial charge is 0.416 e. The second-order valence-corrected chi connectivity index (χ2v) is 9.84. The molecule has 5 heterocycles. The standard InChI is InChI=1S/C23H24FN5O7/c1-8-9(2)35-22(33)28(8)18-13-5-12-7-23(19(30)25-21(32)26-20(23)31)16-10(3)34-11(4)17(24)29(16)14(12)6-15(13)36-27-18/h5-6,8-11,16-17H,7H2,1-4H3,(H2,25,26,30,31,32)/t8-,9+,10-,11+,16+,17?/m0/s1. The van der Waals surface area contributed by atoms with E-state index in [4.69, 9.17) is 14.0 Å². The lowest BCUT2D eigenvalue weighted by Gasteiger charge is -2.56. The summed E-state index contributed by atoms with van der Waals surface area (Å²) in [7, 11) is 0. The van der Waals surface area contributed by atoms with E-state index >= 15 is 4.39 Å². The second-order valence-electron chi connectivity index (χ2n) is 9.84. The molecule has 13 heteroatoms. The topological polar surface area (TPSA) is 143 Å². The minimum absolute atomic E-state index is 0.139. The minimum atomic E-state index is -1.84. The van der Waals surface area contributed by atoms with Gasteiger partial charge in [-0.15, -0.1) is 0 Å². The third-order valence-electron chi connectivity index (χ3n) is 7.79. The van der Waals surface area contributed by atoms with Gasteiger partial charge < -0.3 is 18.9 Å². The number of ether oxygens (including phenoxy) is 2. The highest BCUT2D eigenvalue weighted by Gasteiger charge is 2.64. The van der Waals surface area contributed by atoms with Crippen LogP contribution in [0.2, 0.25) is 0 Å². The molecule has 4 aliphatic heterocycles. The lowest BCUT2D eigenvalue weighted by atomic mass is 9.66. The molecule has 5 amide bonds. The molecule has 0 bridgehead atoms. The van der Waals surface area contributed by atoms with Crippen molar-refractivity contribution in [1.29, 1.82) is 0 Å². The number of rotatable bonds is 1. The Bertz CT molecular complexity index is 1320. The number of urea groups is 1.